The largest absolute Gasteiger partial charge is 0.320 e. The zero-order valence-electron chi connectivity index (χ0n) is 18.9. The highest BCUT2D eigenvalue weighted by atomic mass is 16.6. The molecule has 0 spiro atoms. The van der Waals surface area contributed by atoms with Crippen LogP contribution in [0.25, 0.3) is 6.08 Å². The van der Waals surface area contributed by atoms with Crippen molar-refractivity contribution < 1.29 is 9.72 Å². The number of benzene rings is 2. The van der Waals surface area contributed by atoms with Crippen molar-refractivity contribution >= 4 is 23.4 Å². The minimum absolute atomic E-state index is 0.0161. The first kappa shape index (κ1) is 21.8. The quantitative estimate of drug-likeness (QED) is 0.388. The van der Waals surface area contributed by atoms with Crippen LogP contribution in [-0.4, -0.2) is 31.3 Å². The number of fused-ring (bicyclic) bond motifs is 1. The van der Waals surface area contributed by atoms with Gasteiger partial charge in [0.05, 0.1) is 16.7 Å². The standard InChI is InChI=1S/C26H25N5O3/c1-2-29-17-22(31(33)34)24(27-29)26(32)30-25(19-12-7-4-8-13-19)21-15-9-14-20(23(21)28-30)16-18-10-5-3-6-11-18/h3-8,10-13,16-17,21,25H,2,9,14-15H2,1H3/b20-16-/t21-,25-/m1/s1. The molecule has 1 aliphatic carbocycles. The summed E-state index contributed by atoms with van der Waals surface area (Å²) in [4.78, 5) is 24.8. The van der Waals surface area contributed by atoms with Gasteiger partial charge in [0.2, 0.25) is 5.69 Å². The lowest BCUT2D eigenvalue weighted by Crippen LogP contribution is -2.32. The second-order valence-corrected chi connectivity index (χ2v) is 8.55. The number of nitrogens with zero attached hydrogens (tertiary/aromatic N) is 5. The number of nitro groups is 1. The molecule has 0 saturated heterocycles. The number of hydrogen-bond donors (Lipinski definition) is 0. The molecule has 8 heteroatoms. The van der Waals surface area contributed by atoms with Gasteiger partial charge in [-0.15, -0.1) is 0 Å². The van der Waals surface area contributed by atoms with Crippen molar-refractivity contribution in [2.45, 2.75) is 38.8 Å². The molecule has 3 aromatic rings. The Bertz CT molecular complexity index is 1280. The van der Waals surface area contributed by atoms with E-state index in [9.17, 15) is 14.9 Å². The zero-order chi connectivity index (χ0) is 23.7. The Morgan fingerprint density at radius 1 is 1.15 bits per heavy atom. The van der Waals surface area contributed by atoms with Crippen LogP contribution in [0.5, 0.6) is 0 Å². The number of hydrogen-bond acceptors (Lipinski definition) is 5. The lowest BCUT2D eigenvalue weighted by Gasteiger charge is -2.29. The number of carbonyl (C=O) groups is 1. The summed E-state index contributed by atoms with van der Waals surface area (Å²) in [6.45, 7) is 2.25. The van der Waals surface area contributed by atoms with Gasteiger partial charge in [-0.05, 0) is 49.0 Å². The molecular weight excluding hydrogens is 430 g/mol. The molecule has 2 aliphatic rings. The van der Waals surface area contributed by atoms with Gasteiger partial charge >= 0.3 is 11.6 Å². The number of hydrazone groups is 1. The van der Waals surface area contributed by atoms with Crippen molar-refractivity contribution in [2.75, 3.05) is 0 Å². The van der Waals surface area contributed by atoms with E-state index in [0.717, 1.165) is 41.7 Å². The van der Waals surface area contributed by atoms with Crippen molar-refractivity contribution in [2.24, 2.45) is 11.0 Å². The lowest BCUT2D eigenvalue weighted by atomic mass is 9.77. The minimum Gasteiger partial charge on any atom is -0.265 e. The Hall–Kier alpha value is -4.07. The van der Waals surface area contributed by atoms with E-state index in [4.69, 9.17) is 5.10 Å². The molecule has 8 nitrogen and oxygen atoms in total. The van der Waals surface area contributed by atoms with Crippen LogP contribution in [0, 0.1) is 16.0 Å². The fourth-order valence-corrected chi connectivity index (χ4v) is 4.87. The third-order valence-electron chi connectivity index (χ3n) is 6.46. The van der Waals surface area contributed by atoms with Gasteiger partial charge < -0.3 is 0 Å². The van der Waals surface area contributed by atoms with E-state index >= 15 is 0 Å². The second kappa shape index (κ2) is 9.05. The normalized spacial score (nSPS) is 20.8. The number of allylic oxidation sites excluding steroid dienone is 1. The molecule has 34 heavy (non-hydrogen) atoms. The van der Waals surface area contributed by atoms with Crippen LogP contribution >= 0.6 is 0 Å². The van der Waals surface area contributed by atoms with Crippen LogP contribution in [-0.2, 0) is 6.54 Å². The Morgan fingerprint density at radius 2 is 1.85 bits per heavy atom. The molecular formula is C26H25N5O3. The average Bonchev–Trinajstić information content (AvgIpc) is 3.48. The summed E-state index contributed by atoms with van der Waals surface area (Å²) in [6, 6.07) is 19.5. The van der Waals surface area contributed by atoms with Crippen LogP contribution in [0.2, 0.25) is 0 Å². The van der Waals surface area contributed by atoms with Gasteiger partial charge in [-0.3, -0.25) is 19.6 Å². The summed E-state index contributed by atoms with van der Waals surface area (Å²) >= 11 is 0. The van der Waals surface area contributed by atoms with Crippen molar-refractivity contribution in [3.8, 4) is 0 Å². The van der Waals surface area contributed by atoms with Crippen LogP contribution in [0.3, 0.4) is 0 Å². The van der Waals surface area contributed by atoms with E-state index in [1.807, 2.05) is 67.6 Å². The van der Waals surface area contributed by atoms with Crippen molar-refractivity contribution in [1.82, 2.24) is 14.8 Å². The first-order valence-electron chi connectivity index (χ1n) is 11.5. The minimum atomic E-state index is -0.555. The Kier molecular flexibility index (Phi) is 5.79. The fraction of sp³-hybridized carbons (Fsp3) is 0.269. The van der Waals surface area contributed by atoms with E-state index in [2.05, 4.69) is 11.2 Å². The maximum Gasteiger partial charge on any atom is 0.320 e. The molecule has 2 aromatic carbocycles. The van der Waals surface area contributed by atoms with Crippen LogP contribution in [0.1, 0.15) is 53.8 Å². The monoisotopic (exact) mass is 455 g/mol. The van der Waals surface area contributed by atoms with E-state index in [1.54, 1.807) is 0 Å². The van der Waals surface area contributed by atoms with E-state index in [0.29, 0.717) is 6.54 Å². The predicted octanol–water partition coefficient (Wildman–Crippen LogP) is 5.25. The van der Waals surface area contributed by atoms with Gasteiger partial charge in [0.1, 0.15) is 6.20 Å². The molecule has 0 bridgehead atoms. The highest BCUT2D eigenvalue weighted by Gasteiger charge is 2.45. The van der Waals surface area contributed by atoms with E-state index in [1.165, 1.54) is 15.9 Å². The highest BCUT2D eigenvalue weighted by Crippen LogP contribution is 2.45. The zero-order valence-corrected chi connectivity index (χ0v) is 18.9. The molecule has 1 amide bonds. The average molecular weight is 456 g/mol. The van der Waals surface area contributed by atoms with E-state index in [-0.39, 0.29) is 23.3 Å². The molecule has 1 aliphatic heterocycles. The van der Waals surface area contributed by atoms with Gasteiger partial charge in [0, 0.05) is 12.5 Å². The van der Waals surface area contributed by atoms with Crippen LogP contribution in [0.15, 0.2) is 77.5 Å². The van der Waals surface area contributed by atoms with Gasteiger partial charge in [0.25, 0.3) is 0 Å². The number of aromatic nitrogens is 2. The predicted molar refractivity (Wildman–Crippen MR) is 129 cm³/mol. The molecule has 0 N–H and O–H groups in total. The second-order valence-electron chi connectivity index (χ2n) is 8.55. The molecule has 2 atom stereocenters. The Balaban J connectivity index is 1.61. The molecule has 1 fully saturated rings. The summed E-state index contributed by atoms with van der Waals surface area (Å²) in [6.07, 6.45) is 6.19. The molecule has 0 radical (unpaired) electrons. The van der Waals surface area contributed by atoms with Gasteiger partial charge in [-0.1, -0.05) is 60.7 Å². The fourth-order valence-electron chi connectivity index (χ4n) is 4.87. The first-order chi connectivity index (χ1) is 16.6. The Labute approximate surface area is 197 Å². The van der Waals surface area contributed by atoms with Crippen LogP contribution in [0.4, 0.5) is 5.69 Å². The maximum absolute atomic E-state index is 13.7. The topological polar surface area (TPSA) is 93.6 Å². The summed E-state index contributed by atoms with van der Waals surface area (Å²) in [5.74, 6) is -0.531. The molecule has 1 aromatic heterocycles. The summed E-state index contributed by atoms with van der Waals surface area (Å²) in [7, 11) is 0. The van der Waals surface area contributed by atoms with Crippen LogP contribution < -0.4 is 0 Å². The third kappa shape index (κ3) is 3.91. The summed E-state index contributed by atoms with van der Waals surface area (Å²) < 4.78 is 1.42. The number of carbonyl (C=O) groups excluding carboxylic acids is 1. The van der Waals surface area contributed by atoms with Gasteiger partial charge in [-0.25, -0.2) is 5.01 Å². The van der Waals surface area contributed by atoms with Crippen molar-refractivity contribution in [1.29, 1.82) is 0 Å². The molecule has 172 valence electrons. The summed E-state index contributed by atoms with van der Waals surface area (Å²) in [5, 5.41) is 22.1. The van der Waals surface area contributed by atoms with Crippen molar-refractivity contribution in [3.05, 3.63) is 99.4 Å². The highest BCUT2D eigenvalue weighted by molar-refractivity contribution is 6.09. The SMILES string of the molecule is CCn1cc([N+](=O)[O-])c(C(=O)N2N=C3/C(=C\c4ccccc4)CCC[C@H]3[C@H]2c2ccccc2)n1. The lowest BCUT2D eigenvalue weighted by molar-refractivity contribution is -0.385. The van der Waals surface area contributed by atoms with E-state index < -0.39 is 10.8 Å². The van der Waals surface area contributed by atoms with Gasteiger partial charge in [0.15, 0.2) is 0 Å². The Morgan fingerprint density at radius 3 is 2.53 bits per heavy atom. The molecule has 5 rings (SSSR count). The molecule has 0 unspecified atom stereocenters. The summed E-state index contributed by atoms with van der Waals surface area (Å²) in [5.41, 5.74) is 3.55. The number of aryl methyl sites for hydroxylation is 1. The maximum atomic E-state index is 13.7. The molecule has 2 heterocycles. The van der Waals surface area contributed by atoms with Crippen molar-refractivity contribution in [3.63, 3.8) is 0 Å². The molecule has 1 saturated carbocycles. The third-order valence-corrected chi connectivity index (χ3v) is 6.46. The number of rotatable bonds is 5. The smallest absolute Gasteiger partial charge is 0.265 e. The number of amides is 1. The van der Waals surface area contributed by atoms with Gasteiger partial charge in [-0.2, -0.15) is 10.2 Å². The first-order valence-corrected chi connectivity index (χ1v) is 11.5.